The zero-order chi connectivity index (χ0) is 21.1. The number of para-hydroxylation sites is 1. The highest BCUT2D eigenvalue weighted by Crippen LogP contribution is 2.31. The zero-order valence-corrected chi connectivity index (χ0v) is 17.8. The second kappa shape index (κ2) is 8.85. The van der Waals surface area contributed by atoms with Gasteiger partial charge >= 0.3 is 0 Å². The number of nitrogens with zero attached hydrogens (tertiary/aromatic N) is 3. The van der Waals surface area contributed by atoms with Crippen molar-refractivity contribution in [1.82, 2.24) is 5.01 Å². The van der Waals surface area contributed by atoms with Gasteiger partial charge in [-0.15, -0.1) is 0 Å². The molecule has 2 aromatic rings. The summed E-state index contributed by atoms with van der Waals surface area (Å²) in [7, 11) is 0. The fourth-order valence-corrected chi connectivity index (χ4v) is 4.18. The second-order valence-electron chi connectivity index (χ2n) is 6.68. The van der Waals surface area contributed by atoms with Gasteiger partial charge in [-0.3, -0.25) is 10.2 Å². The van der Waals surface area contributed by atoms with Crippen molar-refractivity contribution in [2.75, 3.05) is 0 Å². The average molecular weight is 439 g/mol. The Morgan fingerprint density at radius 1 is 1.20 bits per heavy atom. The van der Waals surface area contributed by atoms with E-state index in [2.05, 4.69) is 17.0 Å². The normalized spacial score (nSPS) is 17.1. The first-order valence-corrected chi connectivity index (χ1v) is 10.7. The highest BCUT2D eigenvalue weighted by molar-refractivity contribution is 8.26. The molecule has 8 heteroatoms. The number of ether oxygens (including phenoxy) is 1. The molecular weight excluding hydrogens is 420 g/mol. The van der Waals surface area contributed by atoms with E-state index in [0.717, 1.165) is 23.4 Å². The number of fused-ring (bicyclic) bond motifs is 1. The van der Waals surface area contributed by atoms with Crippen molar-refractivity contribution in [1.29, 1.82) is 5.41 Å². The van der Waals surface area contributed by atoms with Crippen LogP contribution in [0.4, 0.5) is 0 Å². The van der Waals surface area contributed by atoms with Gasteiger partial charge in [0.2, 0.25) is 5.17 Å². The van der Waals surface area contributed by atoms with E-state index in [1.54, 1.807) is 6.08 Å². The molecule has 2 aromatic carbocycles. The molecule has 2 aliphatic rings. The molecule has 0 atom stereocenters. The average Bonchev–Trinajstić information content (AvgIpc) is 3.14. The van der Waals surface area contributed by atoms with Gasteiger partial charge in [-0.05, 0) is 42.8 Å². The number of hydrogen-bond donors (Lipinski definition) is 1. The van der Waals surface area contributed by atoms with E-state index in [4.69, 9.17) is 21.7 Å². The molecule has 0 saturated carbocycles. The second-order valence-corrected chi connectivity index (χ2v) is 8.13. The van der Waals surface area contributed by atoms with Crippen LogP contribution in [-0.2, 0) is 11.4 Å². The van der Waals surface area contributed by atoms with Gasteiger partial charge in [-0.2, -0.15) is 15.1 Å². The van der Waals surface area contributed by atoms with Gasteiger partial charge in [-0.25, -0.2) is 0 Å². The van der Waals surface area contributed by atoms with Crippen LogP contribution in [-0.4, -0.2) is 27.0 Å². The Kier molecular flexibility index (Phi) is 6.01. The summed E-state index contributed by atoms with van der Waals surface area (Å²) >= 11 is 7.56. The molecule has 6 nitrogen and oxygen atoms in total. The van der Waals surface area contributed by atoms with Crippen LogP contribution >= 0.6 is 23.4 Å². The molecule has 152 valence electrons. The Morgan fingerprint density at radius 3 is 2.77 bits per heavy atom. The highest BCUT2D eigenvalue weighted by Gasteiger charge is 2.35. The number of hydrazone groups is 1. The third-order valence-corrected chi connectivity index (χ3v) is 5.86. The number of amides is 1. The fourth-order valence-electron chi connectivity index (χ4n) is 3.00. The predicted octanol–water partition coefficient (Wildman–Crippen LogP) is 5.34. The van der Waals surface area contributed by atoms with Crippen molar-refractivity contribution in [2.24, 2.45) is 10.1 Å². The van der Waals surface area contributed by atoms with E-state index in [-0.39, 0.29) is 11.4 Å². The van der Waals surface area contributed by atoms with Gasteiger partial charge in [-0.1, -0.05) is 54.9 Å². The number of benzene rings is 2. The van der Waals surface area contributed by atoms with Gasteiger partial charge < -0.3 is 4.74 Å². The standard InChI is InChI=1S/C22H19ClN4O2S/c1-2-7-19-26-27-20(24)16(21(28)25-22(27)30-19)12-14-8-4-6-11-18(14)29-13-15-9-3-5-10-17(15)23/h3-6,8-12,24H,2,7,13H2,1H3/b16-12+,24-20?. The smallest absolute Gasteiger partial charge is 0.283 e. The molecule has 0 radical (unpaired) electrons. The molecule has 1 amide bonds. The van der Waals surface area contributed by atoms with Crippen LogP contribution in [0.3, 0.4) is 0 Å². The van der Waals surface area contributed by atoms with Gasteiger partial charge in [0.15, 0.2) is 5.84 Å². The number of carbonyl (C=O) groups excluding carboxylic acids is 1. The molecular formula is C22H19ClN4O2S. The van der Waals surface area contributed by atoms with Gasteiger partial charge in [0.05, 0.1) is 5.57 Å². The molecule has 0 saturated heterocycles. The number of hydrogen-bond acceptors (Lipinski definition) is 5. The maximum absolute atomic E-state index is 12.6. The van der Waals surface area contributed by atoms with Crippen molar-refractivity contribution in [3.8, 4) is 5.75 Å². The Balaban J connectivity index is 1.60. The van der Waals surface area contributed by atoms with Crippen molar-refractivity contribution in [2.45, 2.75) is 26.4 Å². The molecule has 4 rings (SSSR count). The molecule has 1 N–H and O–H groups in total. The summed E-state index contributed by atoms with van der Waals surface area (Å²) in [6, 6.07) is 14.8. The van der Waals surface area contributed by atoms with E-state index in [1.165, 1.54) is 16.8 Å². The molecule has 30 heavy (non-hydrogen) atoms. The summed E-state index contributed by atoms with van der Waals surface area (Å²) in [6.07, 6.45) is 3.36. The summed E-state index contributed by atoms with van der Waals surface area (Å²) in [4.78, 5) is 16.7. The molecule has 0 aromatic heterocycles. The largest absolute Gasteiger partial charge is 0.488 e. The summed E-state index contributed by atoms with van der Waals surface area (Å²) in [5.74, 6) is 0.156. The lowest BCUT2D eigenvalue weighted by atomic mass is 10.1. The number of nitrogens with one attached hydrogen (secondary N) is 1. The third-order valence-electron chi connectivity index (χ3n) is 4.52. The molecule has 2 aliphatic heterocycles. The van der Waals surface area contributed by atoms with Crippen molar-refractivity contribution >= 4 is 51.4 Å². The van der Waals surface area contributed by atoms with Crippen LogP contribution in [0.15, 0.2) is 64.2 Å². The zero-order valence-electron chi connectivity index (χ0n) is 16.3. The Morgan fingerprint density at radius 2 is 1.97 bits per heavy atom. The molecule has 0 unspecified atom stereocenters. The van der Waals surface area contributed by atoms with Crippen LogP contribution in [0.25, 0.3) is 6.08 Å². The third kappa shape index (κ3) is 4.17. The van der Waals surface area contributed by atoms with Gasteiger partial charge in [0.25, 0.3) is 5.91 Å². The Labute approximate surface area is 183 Å². The lowest BCUT2D eigenvalue weighted by molar-refractivity contribution is -0.114. The number of thioether (sulfide) groups is 1. The van der Waals surface area contributed by atoms with Gasteiger partial charge in [0.1, 0.15) is 17.4 Å². The highest BCUT2D eigenvalue weighted by atomic mass is 35.5. The Hall–Kier alpha value is -2.90. The van der Waals surface area contributed by atoms with Crippen LogP contribution < -0.4 is 4.74 Å². The van der Waals surface area contributed by atoms with E-state index in [9.17, 15) is 4.79 Å². The minimum Gasteiger partial charge on any atom is -0.488 e. The van der Waals surface area contributed by atoms with E-state index >= 15 is 0 Å². The molecule has 0 fully saturated rings. The fraction of sp³-hybridized carbons (Fsp3) is 0.182. The van der Waals surface area contributed by atoms with Crippen LogP contribution in [0.1, 0.15) is 30.9 Å². The van der Waals surface area contributed by atoms with Crippen molar-refractivity contribution < 1.29 is 9.53 Å². The quantitative estimate of drug-likeness (QED) is 0.617. The maximum atomic E-state index is 12.6. The monoisotopic (exact) mass is 438 g/mol. The molecule has 0 bridgehead atoms. The topological polar surface area (TPSA) is 78.1 Å². The first-order valence-electron chi connectivity index (χ1n) is 9.51. The minimum absolute atomic E-state index is 0.0181. The summed E-state index contributed by atoms with van der Waals surface area (Å²) in [5.41, 5.74) is 1.72. The van der Waals surface area contributed by atoms with E-state index in [1.807, 2.05) is 48.5 Å². The number of halogens is 1. The number of amidine groups is 2. The van der Waals surface area contributed by atoms with Crippen LogP contribution in [0.2, 0.25) is 5.02 Å². The lowest BCUT2D eigenvalue weighted by Crippen LogP contribution is -2.35. The van der Waals surface area contributed by atoms with Crippen molar-refractivity contribution in [3.05, 3.63) is 70.3 Å². The van der Waals surface area contributed by atoms with Crippen molar-refractivity contribution in [3.63, 3.8) is 0 Å². The van der Waals surface area contributed by atoms with Crippen LogP contribution in [0, 0.1) is 5.41 Å². The number of rotatable bonds is 6. The van der Waals surface area contributed by atoms with Crippen LogP contribution in [0.5, 0.6) is 5.75 Å². The van der Waals surface area contributed by atoms with E-state index < -0.39 is 5.91 Å². The summed E-state index contributed by atoms with van der Waals surface area (Å²) in [5, 5.41) is 16.3. The maximum Gasteiger partial charge on any atom is 0.283 e. The van der Waals surface area contributed by atoms with Gasteiger partial charge in [0, 0.05) is 16.1 Å². The molecule has 0 spiro atoms. The summed E-state index contributed by atoms with van der Waals surface area (Å²) in [6.45, 7) is 2.35. The number of carbonyl (C=O) groups is 1. The lowest BCUT2D eigenvalue weighted by Gasteiger charge is -2.20. The summed E-state index contributed by atoms with van der Waals surface area (Å²) < 4.78 is 5.96. The SMILES string of the molecule is CCCC1=NN2C(=N)/C(=C\c3ccccc3OCc3ccccc3Cl)C(=O)N=C2S1. The molecule has 2 heterocycles. The first-order chi connectivity index (χ1) is 14.6. The Bertz CT molecular complexity index is 1110. The van der Waals surface area contributed by atoms with E-state index in [0.29, 0.717) is 28.1 Å². The number of aliphatic imine (C=N–C) groups is 1. The molecule has 0 aliphatic carbocycles. The first kappa shape index (κ1) is 20.4. The predicted molar refractivity (Wildman–Crippen MR) is 122 cm³/mol. The minimum atomic E-state index is -0.451.